The second-order valence-electron chi connectivity index (χ2n) is 2.73. The van der Waals surface area contributed by atoms with Gasteiger partial charge in [0.15, 0.2) is 5.82 Å². The van der Waals surface area contributed by atoms with E-state index in [1.165, 1.54) is 4.57 Å². The van der Waals surface area contributed by atoms with Gasteiger partial charge in [-0.2, -0.15) is 8.78 Å². The number of aromatic nitrogens is 3. The second-order valence-corrected chi connectivity index (χ2v) is 2.73. The van der Waals surface area contributed by atoms with E-state index in [1.807, 2.05) is 0 Å². The van der Waals surface area contributed by atoms with Gasteiger partial charge in [-0.15, -0.1) is 10.2 Å². The lowest BCUT2D eigenvalue weighted by Gasteiger charge is -2.11. The lowest BCUT2D eigenvalue weighted by atomic mass is 10.3. The second kappa shape index (κ2) is 3.37. The molecule has 6 heteroatoms. The van der Waals surface area contributed by atoms with Crippen molar-refractivity contribution >= 4 is 0 Å². The first-order valence-electron chi connectivity index (χ1n) is 3.92. The van der Waals surface area contributed by atoms with Crippen LogP contribution in [0.3, 0.4) is 0 Å². The van der Waals surface area contributed by atoms with Gasteiger partial charge >= 0.3 is 5.92 Å². The molecule has 0 saturated heterocycles. The van der Waals surface area contributed by atoms with Crippen LogP contribution in [0.15, 0.2) is 0 Å². The zero-order chi connectivity index (χ0) is 10.1. The van der Waals surface area contributed by atoms with Gasteiger partial charge in [-0.25, -0.2) is 0 Å². The number of nitrogens with zero attached hydrogens (tertiary/aromatic N) is 3. The van der Waals surface area contributed by atoms with Crippen LogP contribution in [0.2, 0.25) is 0 Å². The van der Waals surface area contributed by atoms with Gasteiger partial charge in [0.1, 0.15) is 6.61 Å². The van der Waals surface area contributed by atoms with E-state index in [2.05, 4.69) is 10.2 Å². The third-order valence-corrected chi connectivity index (χ3v) is 1.68. The van der Waals surface area contributed by atoms with Crippen molar-refractivity contribution in [2.24, 2.45) is 0 Å². The predicted molar refractivity (Wildman–Crippen MR) is 41.2 cm³/mol. The Bertz CT molecular complexity index is 292. The van der Waals surface area contributed by atoms with Gasteiger partial charge < -0.3 is 9.67 Å². The minimum absolute atomic E-state index is 0.166. The van der Waals surface area contributed by atoms with E-state index in [4.69, 9.17) is 5.11 Å². The van der Waals surface area contributed by atoms with Crippen LogP contribution in [-0.2, 0) is 19.1 Å². The molecular formula is C7H11F2N3O. The summed E-state index contributed by atoms with van der Waals surface area (Å²) in [5.74, 6) is -3.26. The van der Waals surface area contributed by atoms with Crippen molar-refractivity contribution < 1.29 is 13.9 Å². The number of hydrogen-bond acceptors (Lipinski definition) is 3. The van der Waals surface area contributed by atoms with E-state index < -0.39 is 11.7 Å². The van der Waals surface area contributed by atoms with Crippen molar-refractivity contribution in [1.29, 1.82) is 0 Å². The van der Waals surface area contributed by atoms with Gasteiger partial charge in [0, 0.05) is 13.5 Å². The highest BCUT2D eigenvalue weighted by molar-refractivity contribution is 5.00. The molecule has 1 N–H and O–H groups in total. The van der Waals surface area contributed by atoms with Crippen molar-refractivity contribution in [3.8, 4) is 0 Å². The van der Waals surface area contributed by atoms with E-state index in [-0.39, 0.29) is 12.4 Å². The zero-order valence-electron chi connectivity index (χ0n) is 7.46. The summed E-state index contributed by atoms with van der Waals surface area (Å²) in [6, 6.07) is 0. The number of alkyl halides is 2. The fourth-order valence-electron chi connectivity index (χ4n) is 1.11. The highest BCUT2D eigenvalue weighted by Gasteiger charge is 2.31. The summed E-state index contributed by atoms with van der Waals surface area (Å²) in [6.45, 7) is 2.39. The van der Waals surface area contributed by atoms with Gasteiger partial charge in [-0.3, -0.25) is 0 Å². The third kappa shape index (κ3) is 1.82. The van der Waals surface area contributed by atoms with Gasteiger partial charge in [-0.1, -0.05) is 0 Å². The van der Waals surface area contributed by atoms with Crippen LogP contribution in [0.1, 0.15) is 25.5 Å². The summed E-state index contributed by atoms with van der Waals surface area (Å²) in [7, 11) is 0. The molecule has 0 aliphatic rings. The Kier molecular flexibility index (Phi) is 2.60. The molecule has 1 aromatic heterocycles. The fourth-order valence-corrected chi connectivity index (χ4v) is 1.11. The van der Waals surface area contributed by atoms with Crippen molar-refractivity contribution in [2.45, 2.75) is 32.9 Å². The standard InChI is InChI=1S/C7H11F2N3O/c1-3-12-5(4-13)10-11-6(12)7(2,8)9/h13H,3-4H2,1-2H3. The first kappa shape index (κ1) is 10.0. The maximum atomic E-state index is 12.8. The molecule has 0 aliphatic heterocycles. The summed E-state index contributed by atoms with van der Waals surface area (Å²) in [4.78, 5) is 0. The Morgan fingerprint density at radius 3 is 2.46 bits per heavy atom. The Hall–Kier alpha value is -1.04. The SMILES string of the molecule is CCn1c(CO)nnc1C(C)(F)F. The van der Waals surface area contributed by atoms with Gasteiger partial charge in [0.25, 0.3) is 0 Å². The molecule has 1 heterocycles. The smallest absolute Gasteiger partial charge is 0.304 e. The maximum absolute atomic E-state index is 12.8. The maximum Gasteiger partial charge on any atom is 0.304 e. The van der Waals surface area contributed by atoms with Crippen molar-refractivity contribution in [1.82, 2.24) is 14.8 Å². The minimum Gasteiger partial charge on any atom is -0.388 e. The molecule has 0 atom stereocenters. The number of rotatable bonds is 3. The van der Waals surface area contributed by atoms with Crippen molar-refractivity contribution in [3.63, 3.8) is 0 Å². The Morgan fingerprint density at radius 2 is 2.08 bits per heavy atom. The molecule has 0 fully saturated rings. The number of aliphatic hydroxyl groups excluding tert-OH is 1. The number of halogens is 2. The lowest BCUT2D eigenvalue weighted by molar-refractivity contribution is 0.00351. The van der Waals surface area contributed by atoms with Crippen LogP contribution in [-0.4, -0.2) is 19.9 Å². The van der Waals surface area contributed by atoms with E-state index in [9.17, 15) is 8.78 Å². The summed E-state index contributed by atoms with van der Waals surface area (Å²) in [5, 5.41) is 15.5. The van der Waals surface area contributed by atoms with E-state index in [0.29, 0.717) is 6.54 Å². The van der Waals surface area contributed by atoms with Crippen LogP contribution in [0.5, 0.6) is 0 Å². The molecule has 0 bridgehead atoms. The summed E-state index contributed by atoms with van der Waals surface area (Å²) >= 11 is 0. The number of hydrogen-bond donors (Lipinski definition) is 1. The molecule has 0 amide bonds. The summed E-state index contributed by atoms with van der Waals surface area (Å²) in [6.07, 6.45) is 0. The first-order chi connectivity index (χ1) is 6.00. The highest BCUT2D eigenvalue weighted by atomic mass is 19.3. The van der Waals surface area contributed by atoms with Gasteiger partial charge in [0.2, 0.25) is 5.82 Å². The highest BCUT2D eigenvalue weighted by Crippen LogP contribution is 2.25. The fraction of sp³-hybridized carbons (Fsp3) is 0.714. The van der Waals surface area contributed by atoms with E-state index in [0.717, 1.165) is 6.92 Å². The largest absolute Gasteiger partial charge is 0.388 e. The molecule has 0 unspecified atom stereocenters. The Labute approximate surface area is 74.2 Å². The van der Waals surface area contributed by atoms with Crippen molar-refractivity contribution in [2.75, 3.05) is 0 Å². The predicted octanol–water partition coefficient (Wildman–Crippen LogP) is 0.902. The molecule has 0 radical (unpaired) electrons. The van der Waals surface area contributed by atoms with Crippen LogP contribution in [0, 0.1) is 0 Å². The molecule has 1 rings (SSSR count). The van der Waals surface area contributed by atoms with E-state index in [1.54, 1.807) is 6.92 Å². The van der Waals surface area contributed by atoms with Gasteiger partial charge in [0.05, 0.1) is 0 Å². The molecule has 4 nitrogen and oxygen atoms in total. The minimum atomic E-state index is -3.02. The molecule has 0 aromatic carbocycles. The zero-order valence-corrected chi connectivity index (χ0v) is 7.46. The third-order valence-electron chi connectivity index (χ3n) is 1.68. The molecule has 0 saturated carbocycles. The van der Waals surface area contributed by atoms with Crippen LogP contribution in [0.4, 0.5) is 8.78 Å². The molecule has 13 heavy (non-hydrogen) atoms. The average molecular weight is 191 g/mol. The lowest BCUT2D eigenvalue weighted by Crippen LogP contribution is -2.17. The normalized spacial score (nSPS) is 12.1. The summed E-state index contributed by atoms with van der Waals surface area (Å²) < 4.78 is 26.9. The Morgan fingerprint density at radius 1 is 1.46 bits per heavy atom. The topological polar surface area (TPSA) is 50.9 Å². The molecule has 0 spiro atoms. The van der Waals surface area contributed by atoms with Crippen LogP contribution in [0.25, 0.3) is 0 Å². The monoisotopic (exact) mass is 191 g/mol. The Balaban J connectivity index is 3.16. The number of aliphatic hydroxyl groups is 1. The average Bonchev–Trinajstić information content (AvgIpc) is 2.45. The quantitative estimate of drug-likeness (QED) is 0.772. The molecule has 1 aromatic rings. The summed E-state index contributed by atoms with van der Waals surface area (Å²) in [5.41, 5.74) is 0. The van der Waals surface area contributed by atoms with E-state index >= 15 is 0 Å². The van der Waals surface area contributed by atoms with Gasteiger partial charge in [-0.05, 0) is 6.92 Å². The van der Waals surface area contributed by atoms with Crippen LogP contribution >= 0.6 is 0 Å². The van der Waals surface area contributed by atoms with Crippen LogP contribution < -0.4 is 0 Å². The first-order valence-corrected chi connectivity index (χ1v) is 3.92. The molecule has 74 valence electrons. The van der Waals surface area contributed by atoms with Crippen molar-refractivity contribution in [3.05, 3.63) is 11.6 Å². The molecular weight excluding hydrogens is 180 g/mol. The molecule has 0 aliphatic carbocycles.